The second-order valence-corrected chi connectivity index (χ2v) is 8.27. The molecule has 2 aromatic heterocycles. The predicted octanol–water partition coefficient (Wildman–Crippen LogP) is 2.51. The topological polar surface area (TPSA) is 85.2 Å². The van der Waals surface area contributed by atoms with Crippen molar-refractivity contribution in [2.45, 2.75) is 25.5 Å². The van der Waals surface area contributed by atoms with Gasteiger partial charge in [-0.05, 0) is 24.3 Å². The zero-order valence-electron chi connectivity index (χ0n) is 17.3. The summed E-state index contributed by atoms with van der Waals surface area (Å²) >= 11 is 1.62. The van der Waals surface area contributed by atoms with Gasteiger partial charge in [-0.25, -0.2) is 14.6 Å². The lowest BCUT2D eigenvalue weighted by atomic mass is 10.1. The lowest BCUT2D eigenvalue weighted by Crippen LogP contribution is -2.37. The highest BCUT2D eigenvalue weighted by Crippen LogP contribution is 2.27. The van der Waals surface area contributed by atoms with Crippen molar-refractivity contribution in [3.05, 3.63) is 41.6 Å². The van der Waals surface area contributed by atoms with Gasteiger partial charge in [-0.1, -0.05) is 36.9 Å². The van der Waals surface area contributed by atoms with Crippen LogP contribution >= 0.6 is 11.8 Å². The van der Waals surface area contributed by atoms with E-state index < -0.39 is 0 Å². The molecule has 1 saturated heterocycles. The Hall–Kier alpha value is -2.65. The molecule has 8 nitrogen and oxygen atoms in total. The molecule has 30 heavy (non-hydrogen) atoms. The molecule has 1 aliphatic rings. The Morgan fingerprint density at radius 3 is 2.80 bits per heavy atom. The number of ether oxygens (including phenoxy) is 1. The van der Waals surface area contributed by atoms with Gasteiger partial charge in [0.05, 0.1) is 31.3 Å². The number of morpholine rings is 1. The Balaban J connectivity index is 1.53. The van der Waals surface area contributed by atoms with Gasteiger partial charge in [-0.2, -0.15) is 5.10 Å². The van der Waals surface area contributed by atoms with Gasteiger partial charge in [0.25, 0.3) is 5.91 Å². The Kier molecular flexibility index (Phi) is 6.49. The largest absolute Gasteiger partial charge is 0.378 e. The van der Waals surface area contributed by atoms with Crippen LogP contribution in [0.1, 0.15) is 22.8 Å². The Bertz CT molecular complexity index is 1030. The monoisotopic (exact) mass is 426 g/mol. The quantitative estimate of drug-likeness (QED) is 0.459. The molecule has 1 aromatic carbocycles. The first-order valence-corrected chi connectivity index (χ1v) is 11.2. The number of benzene rings is 1. The molecule has 0 unspecified atom stereocenters. The first-order chi connectivity index (χ1) is 14.7. The van der Waals surface area contributed by atoms with Crippen molar-refractivity contribution in [2.75, 3.05) is 43.5 Å². The van der Waals surface area contributed by atoms with E-state index >= 15 is 0 Å². The SMILES string of the molecule is CCSc1nc(N2CCOCC2)c2cnn(CCNC(=O)c3ccccc3C)c2n1. The minimum absolute atomic E-state index is 0.0737. The van der Waals surface area contributed by atoms with Crippen LogP contribution in [0.4, 0.5) is 5.82 Å². The van der Waals surface area contributed by atoms with Gasteiger partial charge in [0.2, 0.25) is 0 Å². The average molecular weight is 427 g/mol. The van der Waals surface area contributed by atoms with Crippen molar-refractivity contribution in [1.82, 2.24) is 25.1 Å². The molecule has 3 aromatic rings. The molecule has 9 heteroatoms. The molecule has 0 bridgehead atoms. The lowest BCUT2D eigenvalue weighted by Gasteiger charge is -2.28. The molecule has 0 radical (unpaired) electrons. The number of hydrogen-bond donors (Lipinski definition) is 1. The van der Waals surface area contributed by atoms with Crippen LogP contribution in [0.5, 0.6) is 0 Å². The van der Waals surface area contributed by atoms with Gasteiger partial charge in [-0.15, -0.1) is 0 Å². The number of anilines is 1. The summed E-state index contributed by atoms with van der Waals surface area (Å²) in [6.45, 7) is 8.04. The van der Waals surface area contributed by atoms with E-state index in [4.69, 9.17) is 14.7 Å². The molecule has 4 rings (SSSR count). The standard InChI is InChI=1S/C21H26N6O2S/c1-3-30-21-24-18(26-10-12-29-13-11-26)17-14-23-27(19(17)25-21)9-8-22-20(28)16-7-5-4-6-15(16)2/h4-7,14H,3,8-13H2,1-2H3,(H,22,28). The summed E-state index contributed by atoms with van der Waals surface area (Å²) in [7, 11) is 0. The third-order valence-corrected chi connectivity index (χ3v) is 5.77. The molecular weight excluding hydrogens is 400 g/mol. The van der Waals surface area contributed by atoms with E-state index in [1.165, 1.54) is 0 Å². The number of amides is 1. The van der Waals surface area contributed by atoms with Gasteiger partial charge < -0.3 is 15.0 Å². The van der Waals surface area contributed by atoms with Crippen molar-refractivity contribution < 1.29 is 9.53 Å². The number of hydrogen-bond acceptors (Lipinski definition) is 7. The Morgan fingerprint density at radius 2 is 2.03 bits per heavy atom. The molecule has 1 aliphatic heterocycles. The summed E-state index contributed by atoms with van der Waals surface area (Å²) in [5, 5.41) is 9.20. The maximum Gasteiger partial charge on any atom is 0.251 e. The zero-order chi connectivity index (χ0) is 20.9. The molecule has 158 valence electrons. The fourth-order valence-electron chi connectivity index (χ4n) is 3.49. The Labute approximate surface area is 180 Å². The second-order valence-electron chi connectivity index (χ2n) is 7.04. The van der Waals surface area contributed by atoms with Gasteiger partial charge in [-0.3, -0.25) is 4.79 Å². The van der Waals surface area contributed by atoms with E-state index in [-0.39, 0.29) is 5.91 Å². The van der Waals surface area contributed by atoms with E-state index in [1.807, 2.05) is 42.1 Å². The minimum Gasteiger partial charge on any atom is -0.378 e. The molecule has 0 aliphatic carbocycles. The predicted molar refractivity (Wildman–Crippen MR) is 118 cm³/mol. The first-order valence-electron chi connectivity index (χ1n) is 10.2. The molecule has 0 saturated carbocycles. The first kappa shape index (κ1) is 20.6. The molecule has 1 N–H and O–H groups in total. The van der Waals surface area contributed by atoms with Gasteiger partial charge >= 0.3 is 0 Å². The number of rotatable bonds is 7. The summed E-state index contributed by atoms with van der Waals surface area (Å²) in [6.07, 6.45) is 1.82. The van der Waals surface area contributed by atoms with Crippen LogP contribution in [0.15, 0.2) is 35.6 Å². The van der Waals surface area contributed by atoms with Crippen LogP contribution in [0.25, 0.3) is 11.0 Å². The number of thioether (sulfide) groups is 1. The van der Waals surface area contributed by atoms with E-state index in [9.17, 15) is 4.79 Å². The Morgan fingerprint density at radius 1 is 1.23 bits per heavy atom. The van der Waals surface area contributed by atoms with Crippen LogP contribution in [-0.2, 0) is 11.3 Å². The summed E-state index contributed by atoms with van der Waals surface area (Å²) in [5.74, 6) is 1.74. The van der Waals surface area contributed by atoms with Crippen molar-refractivity contribution in [3.63, 3.8) is 0 Å². The van der Waals surface area contributed by atoms with Gasteiger partial charge in [0, 0.05) is 25.2 Å². The number of nitrogens with zero attached hydrogens (tertiary/aromatic N) is 5. The number of carbonyl (C=O) groups is 1. The molecule has 1 fully saturated rings. The fraction of sp³-hybridized carbons (Fsp3) is 0.429. The van der Waals surface area contributed by atoms with E-state index in [0.717, 1.165) is 46.4 Å². The number of carbonyl (C=O) groups excluding carboxylic acids is 1. The highest BCUT2D eigenvalue weighted by molar-refractivity contribution is 7.99. The number of aryl methyl sites for hydroxylation is 1. The summed E-state index contributed by atoms with van der Waals surface area (Å²) in [4.78, 5) is 24.2. The van der Waals surface area contributed by atoms with E-state index in [1.54, 1.807) is 11.8 Å². The molecular formula is C21H26N6O2S. The number of nitrogens with one attached hydrogen (secondary N) is 1. The van der Waals surface area contributed by atoms with E-state index in [2.05, 4.69) is 22.2 Å². The normalized spacial score (nSPS) is 14.3. The van der Waals surface area contributed by atoms with Crippen LogP contribution in [-0.4, -0.2) is 64.3 Å². The smallest absolute Gasteiger partial charge is 0.251 e. The molecule has 3 heterocycles. The maximum atomic E-state index is 12.5. The molecule has 1 amide bonds. The third-order valence-electron chi connectivity index (χ3n) is 5.04. The third kappa shape index (κ3) is 4.41. The van der Waals surface area contributed by atoms with Crippen molar-refractivity contribution >= 4 is 34.5 Å². The van der Waals surface area contributed by atoms with Crippen LogP contribution < -0.4 is 10.2 Å². The fourth-order valence-corrected chi connectivity index (χ4v) is 4.05. The highest BCUT2D eigenvalue weighted by Gasteiger charge is 2.20. The highest BCUT2D eigenvalue weighted by atomic mass is 32.2. The van der Waals surface area contributed by atoms with Crippen LogP contribution in [0.2, 0.25) is 0 Å². The molecule has 0 atom stereocenters. The van der Waals surface area contributed by atoms with Crippen molar-refractivity contribution in [2.24, 2.45) is 0 Å². The summed E-state index contributed by atoms with van der Waals surface area (Å²) < 4.78 is 7.33. The lowest BCUT2D eigenvalue weighted by molar-refractivity contribution is 0.0951. The van der Waals surface area contributed by atoms with Crippen LogP contribution in [0.3, 0.4) is 0 Å². The maximum absolute atomic E-state index is 12.5. The average Bonchev–Trinajstić information content (AvgIpc) is 3.17. The number of fused-ring (bicyclic) bond motifs is 1. The summed E-state index contributed by atoms with van der Waals surface area (Å²) in [6, 6.07) is 7.58. The molecule has 0 spiro atoms. The van der Waals surface area contributed by atoms with Crippen molar-refractivity contribution in [3.8, 4) is 0 Å². The van der Waals surface area contributed by atoms with Crippen LogP contribution in [0, 0.1) is 6.92 Å². The minimum atomic E-state index is -0.0737. The zero-order valence-corrected chi connectivity index (χ0v) is 18.1. The second kappa shape index (κ2) is 9.44. The van der Waals surface area contributed by atoms with E-state index in [0.29, 0.717) is 31.9 Å². The number of aromatic nitrogens is 4. The van der Waals surface area contributed by atoms with Gasteiger partial charge in [0.15, 0.2) is 10.8 Å². The van der Waals surface area contributed by atoms with Crippen molar-refractivity contribution in [1.29, 1.82) is 0 Å². The summed E-state index contributed by atoms with van der Waals surface area (Å²) in [5.41, 5.74) is 2.46. The van der Waals surface area contributed by atoms with Gasteiger partial charge in [0.1, 0.15) is 5.82 Å².